The van der Waals surface area contributed by atoms with E-state index in [4.69, 9.17) is 5.11 Å². The third-order valence-electron chi connectivity index (χ3n) is 2.54. The van der Waals surface area contributed by atoms with E-state index in [0.717, 1.165) is 11.4 Å². The van der Waals surface area contributed by atoms with Gasteiger partial charge < -0.3 is 10.4 Å². The van der Waals surface area contributed by atoms with Gasteiger partial charge in [-0.25, -0.2) is 8.42 Å². The first-order valence-corrected chi connectivity index (χ1v) is 8.38. The lowest BCUT2D eigenvalue weighted by atomic mass is 10.4. The molecule has 108 valence electrons. The van der Waals surface area contributed by atoms with Crippen LogP contribution in [0.5, 0.6) is 0 Å². The lowest BCUT2D eigenvalue weighted by Crippen LogP contribution is -2.34. The Balaban J connectivity index is 3.03. The molecule has 0 spiro atoms. The third kappa shape index (κ3) is 4.12. The van der Waals surface area contributed by atoms with Crippen molar-refractivity contribution in [1.29, 1.82) is 0 Å². The fraction of sp³-hybridized carbons (Fsp3) is 0.500. The van der Waals surface area contributed by atoms with Crippen LogP contribution in [0.2, 0.25) is 0 Å². The predicted octanol–water partition coefficient (Wildman–Crippen LogP) is 1.03. The molecule has 19 heavy (non-hydrogen) atoms. The van der Waals surface area contributed by atoms with Crippen molar-refractivity contribution in [1.82, 2.24) is 9.62 Å². The SMILES string of the molecule is C=CCN(CCO)S(=O)(=O)c1ccsc1CNCC. The number of sulfonamides is 1. The molecule has 0 aliphatic carbocycles. The molecule has 0 aliphatic heterocycles. The van der Waals surface area contributed by atoms with Gasteiger partial charge in [0, 0.05) is 24.5 Å². The number of aliphatic hydroxyl groups excluding tert-OH is 1. The second-order valence-corrected chi connectivity index (χ2v) is 6.77. The summed E-state index contributed by atoms with van der Waals surface area (Å²) in [6.45, 7) is 6.90. The van der Waals surface area contributed by atoms with E-state index in [2.05, 4.69) is 11.9 Å². The van der Waals surface area contributed by atoms with Crippen LogP contribution in [0.25, 0.3) is 0 Å². The number of nitrogens with zero attached hydrogens (tertiary/aromatic N) is 1. The van der Waals surface area contributed by atoms with Crippen molar-refractivity contribution >= 4 is 21.4 Å². The second-order valence-electron chi connectivity index (χ2n) is 3.86. The topological polar surface area (TPSA) is 69.6 Å². The van der Waals surface area contributed by atoms with Gasteiger partial charge in [0.05, 0.1) is 11.5 Å². The highest BCUT2D eigenvalue weighted by Gasteiger charge is 2.26. The molecule has 1 rings (SSSR count). The first-order valence-electron chi connectivity index (χ1n) is 6.06. The minimum atomic E-state index is -3.57. The molecule has 0 aromatic carbocycles. The number of thiophene rings is 1. The van der Waals surface area contributed by atoms with Crippen LogP contribution in [0.1, 0.15) is 11.8 Å². The summed E-state index contributed by atoms with van der Waals surface area (Å²) in [6, 6.07) is 1.61. The van der Waals surface area contributed by atoms with E-state index in [1.54, 1.807) is 11.4 Å². The van der Waals surface area contributed by atoms with E-state index >= 15 is 0 Å². The fourth-order valence-electron chi connectivity index (χ4n) is 1.63. The molecule has 0 unspecified atom stereocenters. The van der Waals surface area contributed by atoms with Gasteiger partial charge in [0.15, 0.2) is 0 Å². The Kier molecular flexibility index (Phi) is 6.67. The number of nitrogens with one attached hydrogen (secondary N) is 1. The molecule has 1 aromatic rings. The van der Waals surface area contributed by atoms with Gasteiger partial charge in [0.1, 0.15) is 0 Å². The molecule has 0 fully saturated rings. The first kappa shape index (κ1) is 16.3. The van der Waals surface area contributed by atoms with Gasteiger partial charge >= 0.3 is 0 Å². The quantitative estimate of drug-likeness (QED) is 0.669. The van der Waals surface area contributed by atoms with Gasteiger partial charge in [-0.05, 0) is 18.0 Å². The van der Waals surface area contributed by atoms with Gasteiger partial charge in [-0.3, -0.25) is 0 Å². The Morgan fingerprint density at radius 3 is 2.89 bits per heavy atom. The highest BCUT2D eigenvalue weighted by atomic mass is 32.2. The average Bonchev–Trinajstić information content (AvgIpc) is 2.85. The summed E-state index contributed by atoms with van der Waals surface area (Å²) in [4.78, 5) is 1.10. The third-order valence-corrected chi connectivity index (χ3v) is 5.54. The van der Waals surface area contributed by atoms with Gasteiger partial charge in [-0.2, -0.15) is 4.31 Å². The summed E-state index contributed by atoms with van der Waals surface area (Å²) in [7, 11) is -3.57. The maximum absolute atomic E-state index is 12.5. The van der Waals surface area contributed by atoms with Crippen LogP contribution in [0.4, 0.5) is 0 Å². The summed E-state index contributed by atoms with van der Waals surface area (Å²) >= 11 is 1.41. The molecule has 0 aliphatic rings. The van der Waals surface area contributed by atoms with E-state index in [1.807, 2.05) is 6.92 Å². The minimum Gasteiger partial charge on any atom is -0.395 e. The van der Waals surface area contributed by atoms with Crippen LogP contribution in [-0.2, 0) is 16.6 Å². The van der Waals surface area contributed by atoms with Crippen LogP contribution >= 0.6 is 11.3 Å². The minimum absolute atomic E-state index is 0.0743. The van der Waals surface area contributed by atoms with E-state index < -0.39 is 10.0 Å². The van der Waals surface area contributed by atoms with E-state index in [0.29, 0.717) is 11.4 Å². The van der Waals surface area contributed by atoms with E-state index in [9.17, 15) is 8.42 Å². The molecule has 5 nitrogen and oxygen atoms in total. The maximum Gasteiger partial charge on any atom is 0.244 e. The Hall–Kier alpha value is -0.730. The zero-order chi connectivity index (χ0) is 14.3. The highest BCUT2D eigenvalue weighted by molar-refractivity contribution is 7.89. The first-order chi connectivity index (χ1) is 9.07. The zero-order valence-corrected chi connectivity index (χ0v) is 12.6. The van der Waals surface area contributed by atoms with Gasteiger partial charge in [0.2, 0.25) is 10.0 Å². The summed E-state index contributed by atoms with van der Waals surface area (Å²) in [5, 5.41) is 13.9. The standard InChI is InChI=1S/C12H20N2O3S2/c1-3-6-14(7-8-15)19(16,17)12-5-9-18-11(12)10-13-4-2/h3,5,9,13,15H,1,4,6-8,10H2,2H3. The monoisotopic (exact) mass is 304 g/mol. The molecule has 2 N–H and O–H groups in total. The number of hydrogen-bond acceptors (Lipinski definition) is 5. The molecule has 0 radical (unpaired) electrons. The lowest BCUT2D eigenvalue weighted by molar-refractivity contribution is 0.260. The highest BCUT2D eigenvalue weighted by Crippen LogP contribution is 2.25. The van der Waals surface area contributed by atoms with E-state index in [-0.39, 0.29) is 19.7 Å². The molecule has 0 amide bonds. The number of aliphatic hydroxyl groups is 1. The molecule has 7 heteroatoms. The summed E-state index contributed by atoms with van der Waals surface area (Å²) in [6.07, 6.45) is 1.52. The number of hydrogen-bond donors (Lipinski definition) is 2. The van der Waals surface area contributed by atoms with Crippen LogP contribution in [0.15, 0.2) is 29.0 Å². The fourth-order valence-corrected chi connectivity index (χ4v) is 4.42. The molecule has 0 atom stereocenters. The zero-order valence-electron chi connectivity index (χ0n) is 11.0. The van der Waals surface area contributed by atoms with Crippen LogP contribution in [0.3, 0.4) is 0 Å². The summed E-state index contributed by atoms with van der Waals surface area (Å²) in [5.41, 5.74) is 0. The van der Waals surface area contributed by atoms with Gasteiger partial charge in [-0.15, -0.1) is 17.9 Å². The van der Waals surface area contributed by atoms with Crippen molar-refractivity contribution in [2.24, 2.45) is 0 Å². The Labute approximate surface area is 118 Å². The van der Waals surface area contributed by atoms with Gasteiger partial charge in [0.25, 0.3) is 0 Å². The lowest BCUT2D eigenvalue weighted by Gasteiger charge is -2.19. The Bertz CT molecular complexity index is 497. The molecular formula is C12H20N2O3S2. The van der Waals surface area contributed by atoms with Crippen molar-refractivity contribution in [2.75, 3.05) is 26.2 Å². The van der Waals surface area contributed by atoms with Crippen molar-refractivity contribution in [2.45, 2.75) is 18.4 Å². The molecular weight excluding hydrogens is 284 g/mol. The predicted molar refractivity (Wildman–Crippen MR) is 77.7 cm³/mol. The normalized spacial score (nSPS) is 11.9. The maximum atomic E-state index is 12.5. The summed E-state index contributed by atoms with van der Waals surface area (Å²) < 4.78 is 26.2. The van der Waals surface area contributed by atoms with Crippen LogP contribution < -0.4 is 5.32 Å². The number of rotatable bonds is 9. The van der Waals surface area contributed by atoms with Crippen molar-refractivity contribution < 1.29 is 13.5 Å². The van der Waals surface area contributed by atoms with Crippen molar-refractivity contribution in [3.63, 3.8) is 0 Å². The van der Waals surface area contributed by atoms with Crippen molar-refractivity contribution in [3.8, 4) is 0 Å². The molecule has 1 heterocycles. The smallest absolute Gasteiger partial charge is 0.244 e. The second kappa shape index (κ2) is 7.76. The van der Waals surface area contributed by atoms with E-state index in [1.165, 1.54) is 21.7 Å². The molecule has 0 saturated heterocycles. The van der Waals surface area contributed by atoms with Crippen LogP contribution in [0, 0.1) is 0 Å². The van der Waals surface area contributed by atoms with Gasteiger partial charge in [-0.1, -0.05) is 13.0 Å². The Morgan fingerprint density at radius 1 is 1.58 bits per heavy atom. The molecule has 1 aromatic heterocycles. The molecule has 0 saturated carbocycles. The average molecular weight is 304 g/mol. The Morgan fingerprint density at radius 2 is 2.32 bits per heavy atom. The largest absolute Gasteiger partial charge is 0.395 e. The van der Waals surface area contributed by atoms with Crippen molar-refractivity contribution in [3.05, 3.63) is 29.0 Å². The van der Waals surface area contributed by atoms with Crippen LogP contribution in [-0.4, -0.2) is 44.1 Å². The molecule has 0 bridgehead atoms. The summed E-state index contributed by atoms with van der Waals surface area (Å²) in [5.74, 6) is 0.